The molecule has 0 bridgehead atoms. The van der Waals surface area contributed by atoms with Gasteiger partial charge in [-0.3, -0.25) is 14.8 Å². The third-order valence-corrected chi connectivity index (χ3v) is 4.38. The predicted octanol–water partition coefficient (Wildman–Crippen LogP) is -0.234. The van der Waals surface area contributed by atoms with Crippen molar-refractivity contribution < 1.29 is 34.2 Å². The summed E-state index contributed by atoms with van der Waals surface area (Å²) in [5.74, 6) is 10.8. The molecule has 1 aromatic carbocycles. The zero-order valence-electron chi connectivity index (χ0n) is 18.6. The molecule has 0 fully saturated rings. The Morgan fingerprint density at radius 1 is 1.09 bits per heavy atom. The second kappa shape index (κ2) is 14.5. The van der Waals surface area contributed by atoms with Crippen molar-refractivity contribution in [3.8, 4) is 23.7 Å². The summed E-state index contributed by atoms with van der Waals surface area (Å²) >= 11 is 0. The van der Waals surface area contributed by atoms with Gasteiger partial charge in [0.05, 0.1) is 32.5 Å². The molecule has 0 spiro atoms. The molecule has 0 aliphatic rings. The molecular formula is C24H27N3O7. The number of aliphatic hydroxyl groups is 2. The SMILES string of the molecule is CC(O)C(NC(=O)c1ccc(C#CC#Cc2ccc(CNCCOCCO)o2)cc1)C(=O)NO. The van der Waals surface area contributed by atoms with Crippen molar-refractivity contribution in [1.82, 2.24) is 16.1 Å². The summed E-state index contributed by atoms with van der Waals surface area (Å²) in [6.07, 6.45) is -1.20. The lowest BCUT2D eigenvalue weighted by molar-refractivity contribution is -0.133. The van der Waals surface area contributed by atoms with Crippen molar-refractivity contribution in [2.24, 2.45) is 0 Å². The fourth-order valence-electron chi connectivity index (χ4n) is 2.66. The first-order valence-corrected chi connectivity index (χ1v) is 10.5. The van der Waals surface area contributed by atoms with E-state index in [-0.39, 0.29) is 12.2 Å². The van der Waals surface area contributed by atoms with Crippen LogP contribution in [0.1, 0.15) is 34.4 Å². The Balaban J connectivity index is 1.86. The number of hydrogen-bond donors (Lipinski definition) is 6. The molecule has 2 amide bonds. The highest BCUT2D eigenvalue weighted by Crippen LogP contribution is 2.07. The average molecular weight is 469 g/mol. The van der Waals surface area contributed by atoms with Crippen LogP contribution in [0.15, 0.2) is 40.8 Å². The van der Waals surface area contributed by atoms with Crippen LogP contribution in [0.2, 0.25) is 0 Å². The van der Waals surface area contributed by atoms with Gasteiger partial charge in [-0.25, -0.2) is 5.48 Å². The first-order valence-electron chi connectivity index (χ1n) is 10.5. The number of carbonyl (C=O) groups is 2. The van der Waals surface area contributed by atoms with Gasteiger partial charge in [0.1, 0.15) is 11.8 Å². The second-order valence-electron chi connectivity index (χ2n) is 7.02. The average Bonchev–Trinajstić information content (AvgIpc) is 3.29. The zero-order valence-corrected chi connectivity index (χ0v) is 18.6. The Labute approximate surface area is 197 Å². The fraction of sp³-hybridized carbons (Fsp3) is 0.333. The fourth-order valence-corrected chi connectivity index (χ4v) is 2.66. The molecule has 2 aromatic rings. The van der Waals surface area contributed by atoms with Crippen LogP contribution in [0, 0.1) is 23.7 Å². The van der Waals surface area contributed by atoms with E-state index in [9.17, 15) is 14.7 Å². The summed E-state index contributed by atoms with van der Waals surface area (Å²) in [5.41, 5.74) is 2.28. The Hall–Kier alpha value is -3.64. The standard InChI is InChI=1S/C24H27N3O7/c1-17(29)22(24(31)27-32)26-23(30)19-8-6-18(7-9-19)4-2-3-5-20-10-11-21(34-20)16-25-12-14-33-15-13-28/h6-11,17,22,25,28-29,32H,12-16H2,1H3,(H,26,30)(H,27,31). The van der Waals surface area contributed by atoms with Gasteiger partial charge in [-0.1, -0.05) is 5.92 Å². The third kappa shape index (κ3) is 9.08. The molecule has 2 rings (SSSR count). The monoisotopic (exact) mass is 469 g/mol. The van der Waals surface area contributed by atoms with Gasteiger partial charge in [0.2, 0.25) is 0 Å². The molecule has 2 unspecified atom stereocenters. The molecule has 1 heterocycles. The summed E-state index contributed by atoms with van der Waals surface area (Å²) < 4.78 is 10.7. The van der Waals surface area contributed by atoms with Crippen LogP contribution < -0.4 is 16.1 Å². The van der Waals surface area contributed by atoms with Gasteiger partial charge < -0.3 is 30.0 Å². The minimum absolute atomic E-state index is 0.00413. The molecule has 10 heteroatoms. The van der Waals surface area contributed by atoms with Crippen LogP contribution in [0.5, 0.6) is 0 Å². The molecule has 0 saturated carbocycles. The summed E-state index contributed by atoms with van der Waals surface area (Å²) in [6, 6.07) is 8.54. The number of furan rings is 1. The topological polar surface area (TPSA) is 153 Å². The first-order chi connectivity index (χ1) is 16.4. The van der Waals surface area contributed by atoms with Gasteiger partial charge in [-0.05, 0) is 61.1 Å². The maximum absolute atomic E-state index is 12.3. The molecule has 0 saturated heterocycles. The number of ether oxygens (including phenoxy) is 1. The van der Waals surface area contributed by atoms with E-state index in [1.807, 2.05) is 6.07 Å². The Bertz CT molecular complexity index is 1060. The van der Waals surface area contributed by atoms with E-state index in [0.29, 0.717) is 37.6 Å². The minimum atomic E-state index is -1.30. The number of nitrogens with one attached hydrogen (secondary N) is 3. The highest BCUT2D eigenvalue weighted by molar-refractivity contribution is 5.97. The number of carbonyl (C=O) groups excluding carboxylic acids is 2. The molecule has 2 atom stereocenters. The third-order valence-electron chi connectivity index (χ3n) is 4.38. The van der Waals surface area contributed by atoms with Crippen LogP contribution in [-0.2, 0) is 16.1 Å². The molecule has 1 aromatic heterocycles. The van der Waals surface area contributed by atoms with Gasteiger partial charge in [0, 0.05) is 17.7 Å². The minimum Gasteiger partial charge on any atom is -0.451 e. The number of rotatable bonds is 11. The van der Waals surface area contributed by atoms with Crippen LogP contribution in [-0.4, -0.2) is 65.7 Å². The Morgan fingerprint density at radius 3 is 2.50 bits per heavy atom. The first kappa shape index (κ1) is 26.6. The Kier molecular flexibility index (Phi) is 11.3. The second-order valence-corrected chi connectivity index (χ2v) is 7.02. The lowest BCUT2D eigenvalue weighted by atomic mass is 10.1. The lowest BCUT2D eigenvalue weighted by Gasteiger charge is -2.19. The van der Waals surface area contributed by atoms with E-state index < -0.39 is 24.0 Å². The van der Waals surface area contributed by atoms with Crippen molar-refractivity contribution in [2.75, 3.05) is 26.4 Å². The van der Waals surface area contributed by atoms with E-state index in [1.54, 1.807) is 18.2 Å². The number of benzene rings is 1. The van der Waals surface area contributed by atoms with Crippen LogP contribution >= 0.6 is 0 Å². The van der Waals surface area contributed by atoms with Crippen molar-refractivity contribution in [3.05, 3.63) is 59.0 Å². The highest BCUT2D eigenvalue weighted by atomic mass is 16.5. The summed E-state index contributed by atoms with van der Waals surface area (Å²) in [6.45, 7) is 3.30. The number of amides is 2. The molecule has 0 aliphatic heterocycles. The van der Waals surface area contributed by atoms with E-state index in [0.717, 1.165) is 5.76 Å². The molecule has 0 radical (unpaired) electrons. The van der Waals surface area contributed by atoms with Crippen molar-refractivity contribution in [1.29, 1.82) is 0 Å². The van der Waals surface area contributed by atoms with Gasteiger partial charge in [0.25, 0.3) is 11.8 Å². The quantitative estimate of drug-likeness (QED) is 0.114. The maximum atomic E-state index is 12.3. The predicted molar refractivity (Wildman–Crippen MR) is 121 cm³/mol. The molecule has 10 nitrogen and oxygen atoms in total. The molecule has 0 aliphatic carbocycles. The highest BCUT2D eigenvalue weighted by Gasteiger charge is 2.25. The summed E-state index contributed by atoms with van der Waals surface area (Å²) in [5, 5.41) is 32.4. The van der Waals surface area contributed by atoms with E-state index in [1.165, 1.54) is 24.5 Å². The zero-order chi connectivity index (χ0) is 24.8. The molecule has 6 N–H and O–H groups in total. The number of hydrogen-bond acceptors (Lipinski definition) is 8. The van der Waals surface area contributed by atoms with E-state index >= 15 is 0 Å². The van der Waals surface area contributed by atoms with Crippen molar-refractivity contribution in [2.45, 2.75) is 25.6 Å². The van der Waals surface area contributed by atoms with Gasteiger partial charge in [-0.2, -0.15) is 0 Å². The normalized spacial score (nSPS) is 11.9. The van der Waals surface area contributed by atoms with E-state index in [4.69, 9.17) is 19.5 Å². The summed E-state index contributed by atoms with van der Waals surface area (Å²) in [4.78, 5) is 23.8. The van der Waals surface area contributed by atoms with E-state index in [2.05, 4.69) is 34.3 Å². The smallest absolute Gasteiger partial charge is 0.268 e. The van der Waals surface area contributed by atoms with Gasteiger partial charge in [0.15, 0.2) is 5.76 Å². The van der Waals surface area contributed by atoms with Crippen molar-refractivity contribution >= 4 is 11.8 Å². The van der Waals surface area contributed by atoms with Crippen LogP contribution in [0.3, 0.4) is 0 Å². The molecule has 180 valence electrons. The lowest BCUT2D eigenvalue weighted by Crippen LogP contribution is -2.51. The Morgan fingerprint density at radius 2 is 1.82 bits per heavy atom. The number of hydroxylamine groups is 1. The van der Waals surface area contributed by atoms with Crippen LogP contribution in [0.25, 0.3) is 0 Å². The van der Waals surface area contributed by atoms with Crippen LogP contribution in [0.4, 0.5) is 0 Å². The van der Waals surface area contributed by atoms with Crippen molar-refractivity contribution in [3.63, 3.8) is 0 Å². The number of aliphatic hydroxyl groups excluding tert-OH is 2. The largest absolute Gasteiger partial charge is 0.451 e. The molecular weight excluding hydrogens is 442 g/mol. The van der Waals surface area contributed by atoms with Gasteiger partial charge in [-0.15, -0.1) is 0 Å². The molecule has 34 heavy (non-hydrogen) atoms. The summed E-state index contributed by atoms with van der Waals surface area (Å²) in [7, 11) is 0. The van der Waals surface area contributed by atoms with Gasteiger partial charge >= 0.3 is 0 Å². The maximum Gasteiger partial charge on any atom is 0.268 e.